The first-order chi connectivity index (χ1) is 18.0. The van der Waals surface area contributed by atoms with Crippen molar-refractivity contribution in [3.05, 3.63) is 54.4 Å². The molecule has 3 atom stereocenters. The predicted molar refractivity (Wildman–Crippen MR) is 133 cm³/mol. The summed E-state index contributed by atoms with van der Waals surface area (Å²) in [5, 5.41) is 13.6. The summed E-state index contributed by atoms with van der Waals surface area (Å²) in [7, 11) is 0. The number of H-pyrrole nitrogens is 1. The summed E-state index contributed by atoms with van der Waals surface area (Å²) >= 11 is 0. The van der Waals surface area contributed by atoms with Gasteiger partial charge in [-0.3, -0.25) is 14.5 Å². The molecule has 4 saturated carbocycles. The number of rotatable bonds is 6. The molecule has 4 aromatic rings. The van der Waals surface area contributed by atoms with Crippen LogP contribution in [0.25, 0.3) is 16.8 Å². The summed E-state index contributed by atoms with van der Waals surface area (Å²) in [5.74, 6) is 1.75. The number of alkyl carbamates (subject to hydrolysis) is 1. The zero-order valence-electron chi connectivity index (χ0n) is 20.3. The minimum atomic E-state index is -1.21. The van der Waals surface area contributed by atoms with Gasteiger partial charge in [0.1, 0.15) is 17.9 Å². The monoisotopic (exact) mass is 502 g/mol. The van der Waals surface area contributed by atoms with E-state index in [9.17, 15) is 9.18 Å². The maximum absolute atomic E-state index is 14.8. The van der Waals surface area contributed by atoms with Gasteiger partial charge in [0.15, 0.2) is 5.82 Å². The van der Waals surface area contributed by atoms with E-state index in [-0.39, 0.29) is 17.9 Å². The first-order valence-electron chi connectivity index (χ1n) is 12.7. The van der Waals surface area contributed by atoms with Crippen LogP contribution in [0.3, 0.4) is 0 Å². The van der Waals surface area contributed by atoms with Crippen molar-refractivity contribution < 1.29 is 13.9 Å². The summed E-state index contributed by atoms with van der Waals surface area (Å²) < 4.78 is 22.1. The molecule has 1 amide bonds. The predicted octanol–water partition coefficient (Wildman–Crippen LogP) is 4.43. The molecule has 4 heterocycles. The number of alkyl halides is 1. The molecule has 8 rings (SSSR count). The molecule has 10 nitrogen and oxygen atoms in total. The third-order valence-electron chi connectivity index (χ3n) is 8.05. The van der Waals surface area contributed by atoms with Gasteiger partial charge < -0.3 is 15.4 Å². The van der Waals surface area contributed by atoms with Crippen LogP contribution in [0.15, 0.2) is 43.0 Å². The Morgan fingerprint density at radius 2 is 2.14 bits per heavy atom. The second kappa shape index (κ2) is 8.25. The number of aryl methyl sites for hydroxylation is 1. The van der Waals surface area contributed by atoms with Gasteiger partial charge in [-0.1, -0.05) is 6.07 Å². The van der Waals surface area contributed by atoms with Crippen LogP contribution in [0.2, 0.25) is 0 Å². The summed E-state index contributed by atoms with van der Waals surface area (Å²) in [5.41, 5.74) is 4.12. The Morgan fingerprint density at radius 3 is 2.89 bits per heavy atom. The Balaban J connectivity index is 1.05. The average molecular weight is 503 g/mol. The second-order valence-corrected chi connectivity index (χ2v) is 10.6. The van der Waals surface area contributed by atoms with Crippen molar-refractivity contribution in [3.8, 4) is 11.1 Å². The number of aromatic amines is 1. The molecule has 4 fully saturated rings. The highest BCUT2D eigenvalue weighted by atomic mass is 19.1. The van der Waals surface area contributed by atoms with Gasteiger partial charge in [0, 0.05) is 59.1 Å². The van der Waals surface area contributed by atoms with E-state index in [2.05, 4.69) is 30.8 Å². The van der Waals surface area contributed by atoms with Crippen molar-refractivity contribution in [3.63, 3.8) is 0 Å². The van der Waals surface area contributed by atoms with Crippen molar-refractivity contribution in [2.75, 3.05) is 5.32 Å². The van der Waals surface area contributed by atoms with Crippen molar-refractivity contribution in [2.24, 2.45) is 5.92 Å². The number of carbonyl (C=O) groups is 1. The first kappa shape index (κ1) is 22.2. The number of imidazole rings is 1. The SMILES string of the molecule is Cc1nc(Nc2cc([C@H]3C[C@@H](F)[C@@H](OC(=O)NC45CC(C4)C5)C3)[nH]n2)n2ccnc2c1-c1cccnc1. The van der Waals surface area contributed by atoms with E-state index in [4.69, 9.17) is 9.72 Å². The quantitative estimate of drug-likeness (QED) is 0.357. The highest BCUT2D eigenvalue weighted by molar-refractivity contribution is 5.80. The molecule has 0 spiro atoms. The average Bonchev–Trinajstić information content (AvgIpc) is 3.57. The number of carbonyl (C=O) groups excluding carboxylic acids is 1. The van der Waals surface area contributed by atoms with Crippen molar-refractivity contribution in [2.45, 2.75) is 62.8 Å². The van der Waals surface area contributed by atoms with Crippen LogP contribution in [-0.2, 0) is 4.74 Å². The van der Waals surface area contributed by atoms with Gasteiger partial charge in [0.05, 0.1) is 5.69 Å². The lowest BCUT2D eigenvalue weighted by atomic mass is 9.50. The van der Waals surface area contributed by atoms with E-state index in [1.165, 1.54) is 0 Å². The van der Waals surface area contributed by atoms with E-state index in [1.54, 1.807) is 18.6 Å². The summed E-state index contributed by atoms with van der Waals surface area (Å²) in [4.78, 5) is 25.8. The number of hydrogen-bond acceptors (Lipinski definition) is 7. The number of aromatic nitrogens is 6. The number of nitrogens with zero attached hydrogens (tertiary/aromatic N) is 5. The maximum Gasteiger partial charge on any atom is 0.407 e. The number of nitrogens with one attached hydrogen (secondary N) is 3. The van der Waals surface area contributed by atoms with E-state index >= 15 is 0 Å². The van der Waals surface area contributed by atoms with E-state index in [0.717, 1.165) is 53.3 Å². The van der Waals surface area contributed by atoms with Gasteiger partial charge in [-0.25, -0.2) is 19.2 Å². The molecule has 0 unspecified atom stereocenters. The Bertz CT molecular complexity index is 1470. The first-order valence-corrected chi connectivity index (χ1v) is 12.7. The van der Waals surface area contributed by atoms with Crippen LogP contribution in [0.4, 0.5) is 21.0 Å². The van der Waals surface area contributed by atoms with E-state index < -0.39 is 18.4 Å². The van der Waals surface area contributed by atoms with E-state index in [0.29, 0.717) is 18.2 Å². The topological polar surface area (TPSA) is 122 Å². The molecule has 11 heteroatoms. The van der Waals surface area contributed by atoms with Crippen molar-refractivity contribution >= 4 is 23.5 Å². The molecule has 0 aliphatic heterocycles. The van der Waals surface area contributed by atoms with Gasteiger partial charge in [-0.05, 0) is 51.0 Å². The third kappa shape index (κ3) is 3.80. The molecular weight excluding hydrogens is 475 g/mol. The second-order valence-electron chi connectivity index (χ2n) is 10.6. The van der Waals surface area contributed by atoms with Gasteiger partial charge in [-0.2, -0.15) is 5.10 Å². The van der Waals surface area contributed by atoms with Crippen LogP contribution in [0.1, 0.15) is 49.4 Å². The summed E-state index contributed by atoms with van der Waals surface area (Å²) in [6, 6.07) is 5.72. The molecule has 0 radical (unpaired) electrons. The molecular formula is C26H27FN8O2. The minimum absolute atomic E-state index is 0.0846. The smallest absolute Gasteiger partial charge is 0.407 e. The highest BCUT2D eigenvalue weighted by Crippen LogP contribution is 2.57. The summed E-state index contributed by atoms with van der Waals surface area (Å²) in [6.45, 7) is 1.93. The molecule has 4 aromatic heterocycles. The van der Waals surface area contributed by atoms with Crippen LogP contribution in [0.5, 0.6) is 0 Å². The Morgan fingerprint density at radius 1 is 1.27 bits per heavy atom. The zero-order valence-corrected chi connectivity index (χ0v) is 20.3. The number of fused-ring (bicyclic) bond motifs is 1. The number of pyridine rings is 1. The molecule has 3 N–H and O–H groups in total. The molecule has 4 aliphatic carbocycles. The maximum atomic E-state index is 14.8. The number of anilines is 2. The fourth-order valence-corrected chi connectivity index (χ4v) is 6.09. The number of ether oxygens (including phenoxy) is 1. The fraction of sp³-hybridized carbons (Fsp3) is 0.423. The number of amides is 1. The Hall–Kier alpha value is -4.02. The molecule has 0 saturated heterocycles. The number of halogens is 1. The largest absolute Gasteiger partial charge is 0.443 e. The van der Waals surface area contributed by atoms with Crippen molar-refractivity contribution in [1.29, 1.82) is 0 Å². The third-order valence-corrected chi connectivity index (χ3v) is 8.05. The molecule has 0 aromatic carbocycles. The Kier molecular flexibility index (Phi) is 4.95. The molecule has 4 aliphatic rings. The van der Waals surface area contributed by atoms with Gasteiger partial charge in [-0.15, -0.1) is 0 Å². The van der Waals surface area contributed by atoms with E-state index in [1.807, 2.05) is 35.7 Å². The standard InChI is InChI=1S/C26H27FN8O2/c1-14-22(16-3-2-4-28-13-16)23-29-5-6-35(23)24(30-14)31-21-9-19(33-34-21)17-7-18(27)20(8-17)37-25(36)32-26-10-15(11-26)12-26/h2-6,9,13,15,17-18,20H,7-8,10-12H2,1H3,(H,32,36)(H2,30,31,33,34)/t15?,17-,18+,20-,26?/m0/s1. The minimum Gasteiger partial charge on any atom is -0.443 e. The molecule has 37 heavy (non-hydrogen) atoms. The fourth-order valence-electron chi connectivity index (χ4n) is 6.09. The number of hydrogen-bond donors (Lipinski definition) is 3. The molecule has 190 valence electrons. The zero-order chi connectivity index (χ0) is 25.1. The van der Waals surface area contributed by atoms with Gasteiger partial charge in [0.2, 0.25) is 5.95 Å². The van der Waals surface area contributed by atoms with Crippen LogP contribution in [-0.4, -0.2) is 53.5 Å². The van der Waals surface area contributed by atoms with Crippen molar-refractivity contribution in [1.82, 2.24) is 34.9 Å². The molecule has 2 bridgehead atoms. The van der Waals surface area contributed by atoms with Gasteiger partial charge >= 0.3 is 6.09 Å². The lowest BCUT2D eigenvalue weighted by molar-refractivity contribution is -0.0530. The normalized spacial score (nSPS) is 27.9. The van der Waals surface area contributed by atoms with Crippen LogP contribution >= 0.6 is 0 Å². The lowest BCUT2D eigenvalue weighted by Gasteiger charge is -2.61. The van der Waals surface area contributed by atoms with Crippen LogP contribution in [0, 0.1) is 12.8 Å². The van der Waals surface area contributed by atoms with Gasteiger partial charge in [0.25, 0.3) is 0 Å². The lowest BCUT2D eigenvalue weighted by Crippen LogP contribution is -2.68. The summed E-state index contributed by atoms with van der Waals surface area (Å²) in [6.07, 6.45) is 8.36. The Labute approximate surface area is 212 Å². The van der Waals surface area contributed by atoms with Crippen LogP contribution < -0.4 is 10.6 Å². The highest BCUT2D eigenvalue weighted by Gasteiger charge is 2.58.